The van der Waals surface area contributed by atoms with Crippen LogP contribution in [0.5, 0.6) is 0 Å². The maximum absolute atomic E-state index is 6.99. The molecule has 0 saturated carbocycles. The third-order valence-electron chi connectivity index (χ3n) is 11.1. The molecule has 12 aromatic rings. The Morgan fingerprint density at radius 1 is 0.386 bits per heavy atom. The molecule has 4 aromatic heterocycles. The van der Waals surface area contributed by atoms with Crippen molar-refractivity contribution in [1.82, 2.24) is 19.5 Å². The summed E-state index contributed by atoms with van der Waals surface area (Å²) in [5.74, 6) is 1.96. The maximum atomic E-state index is 6.99. The van der Waals surface area contributed by atoms with Crippen molar-refractivity contribution >= 4 is 75.3 Å². The topological polar surface area (TPSA) is 56.7 Å². The van der Waals surface area contributed by atoms with Gasteiger partial charge in [0.2, 0.25) is 0 Å². The summed E-state index contributed by atoms with van der Waals surface area (Å²) < 4.78 is 11.7. The standard InChI is InChI=1S/C51H30N4OS/c1-3-14-31(15-4-1)49-52-50(32-16-5-2-6-17-32)54-51(53-49)40-23-13-27-44-46(40)39-29-28-33(30-45(39)57-44)34-20-11-21-37-38-22-12-26-43(48(38)56-47(34)37)55-41-24-9-7-18-35(41)36-19-8-10-25-42(36)55/h1-30H. The molecule has 12 rings (SSSR count). The van der Waals surface area contributed by atoms with Gasteiger partial charge in [-0.2, -0.15) is 0 Å². The van der Waals surface area contributed by atoms with Crippen molar-refractivity contribution in [2.75, 3.05) is 0 Å². The monoisotopic (exact) mass is 746 g/mol. The van der Waals surface area contributed by atoms with E-state index in [2.05, 4.69) is 126 Å². The lowest BCUT2D eigenvalue weighted by Gasteiger charge is -2.09. The molecule has 0 aliphatic carbocycles. The van der Waals surface area contributed by atoms with Crippen LogP contribution < -0.4 is 0 Å². The van der Waals surface area contributed by atoms with Gasteiger partial charge in [0, 0.05) is 64.0 Å². The van der Waals surface area contributed by atoms with Crippen LogP contribution >= 0.6 is 11.3 Å². The second-order valence-corrected chi connectivity index (χ2v) is 15.4. The van der Waals surface area contributed by atoms with E-state index in [0.717, 1.165) is 71.9 Å². The Morgan fingerprint density at radius 2 is 0.947 bits per heavy atom. The first-order valence-electron chi connectivity index (χ1n) is 19.0. The number of hydrogen-bond donors (Lipinski definition) is 0. The van der Waals surface area contributed by atoms with Gasteiger partial charge in [0.25, 0.3) is 0 Å². The van der Waals surface area contributed by atoms with Crippen LogP contribution in [0.25, 0.3) is 115 Å². The van der Waals surface area contributed by atoms with Gasteiger partial charge in [0.15, 0.2) is 23.1 Å². The average Bonchev–Trinajstić information content (AvgIpc) is 3.96. The highest BCUT2D eigenvalue weighted by molar-refractivity contribution is 7.26. The molecule has 4 heterocycles. The fraction of sp³-hybridized carbons (Fsp3) is 0. The zero-order valence-electron chi connectivity index (χ0n) is 30.4. The van der Waals surface area contributed by atoms with E-state index in [4.69, 9.17) is 19.4 Å². The zero-order chi connectivity index (χ0) is 37.5. The number of rotatable bonds is 5. The van der Waals surface area contributed by atoms with Crippen LogP contribution in [0.4, 0.5) is 0 Å². The van der Waals surface area contributed by atoms with Gasteiger partial charge in [-0.3, -0.25) is 0 Å². The van der Waals surface area contributed by atoms with Crippen molar-refractivity contribution < 1.29 is 4.42 Å². The van der Waals surface area contributed by atoms with Gasteiger partial charge in [0.1, 0.15) is 5.58 Å². The fourth-order valence-corrected chi connectivity index (χ4v) is 9.67. The quantitative estimate of drug-likeness (QED) is 0.176. The van der Waals surface area contributed by atoms with Gasteiger partial charge in [-0.05, 0) is 35.9 Å². The second kappa shape index (κ2) is 12.6. The summed E-state index contributed by atoms with van der Waals surface area (Å²) in [6, 6.07) is 63.6. The lowest BCUT2D eigenvalue weighted by atomic mass is 9.99. The van der Waals surface area contributed by atoms with Crippen LogP contribution in [0.3, 0.4) is 0 Å². The Bertz CT molecular complexity index is 3420. The summed E-state index contributed by atoms with van der Waals surface area (Å²) in [7, 11) is 0. The molecule has 0 bridgehead atoms. The number of benzene rings is 8. The largest absolute Gasteiger partial charge is 0.453 e. The Kier molecular flexibility index (Phi) is 7.03. The number of para-hydroxylation sites is 4. The van der Waals surface area contributed by atoms with E-state index in [9.17, 15) is 0 Å². The van der Waals surface area contributed by atoms with Crippen LogP contribution in [0.2, 0.25) is 0 Å². The Labute approximate surface area is 330 Å². The van der Waals surface area contributed by atoms with E-state index in [-0.39, 0.29) is 0 Å². The maximum Gasteiger partial charge on any atom is 0.164 e. The Balaban J connectivity index is 1.02. The molecule has 266 valence electrons. The predicted octanol–water partition coefficient (Wildman–Crippen LogP) is 13.9. The lowest BCUT2D eigenvalue weighted by Crippen LogP contribution is -2.00. The summed E-state index contributed by atoms with van der Waals surface area (Å²) >= 11 is 1.79. The van der Waals surface area contributed by atoms with E-state index in [1.165, 1.54) is 25.6 Å². The Morgan fingerprint density at radius 3 is 1.65 bits per heavy atom. The molecule has 8 aromatic carbocycles. The molecule has 0 N–H and O–H groups in total. The number of aromatic nitrogens is 4. The van der Waals surface area contributed by atoms with Gasteiger partial charge in [0.05, 0.1) is 16.7 Å². The van der Waals surface area contributed by atoms with Gasteiger partial charge in [-0.15, -0.1) is 11.3 Å². The minimum Gasteiger partial charge on any atom is -0.453 e. The minimum atomic E-state index is 0.651. The van der Waals surface area contributed by atoms with Crippen LogP contribution in [-0.4, -0.2) is 19.5 Å². The van der Waals surface area contributed by atoms with E-state index < -0.39 is 0 Å². The average molecular weight is 747 g/mol. The molecule has 0 aliphatic heterocycles. The van der Waals surface area contributed by atoms with Crippen LogP contribution in [0.15, 0.2) is 186 Å². The normalized spacial score (nSPS) is 11.9. The summed E-state index contributed by atoms with van der Waals surface area (Å²) in [6.07, 6.45) is 0. The van der Waals surface area contributed by atoms with Crippen LogP contribution in [-0.2, 0) is 0 Å². The van der Waals surface area contributed by atoms with Crippen LogP contribution in [0.1, 0.15) is 0 Å². The first-order chi connectivity index (χ1) is 28.3. The van der Waals surface area contributed by atoms with E-state index in [1.54, 1.807) is 11.3 Å². The van der Waals surface area contributed by atoms with Crippen molar-refractivity contribution in [3.05, 3.63) is 182 Å². The van der Waals surface area contributed by atoms with Gasteiger partial charge in [-0.25, -0.2) is 15.0 Å². The molecule has 0 unspecified atom stereocenters. The SMILES string of the molecule is c1ccc(-c2nc(-c3ccccc3)nc(-c3cccc4sc5cc(-c6cccc7c6oc6c(-n8c9ccccc9c9ccccc98)cccc67)ccc5c34)n2)cc1. The number of hydrogen-bond acceptors (Lipinski definition) is 5. The third kappa shape index (κ3) is 4.98. The van der Waals surface area contributed by atoms with Crippen molar-refractivity contribution in [3.63, 3.8) is 0 Å². The Hall–Kier alpha value is -7.41. The lowest BCUT2D eigenvalue weighted by molar-refractivity contribution is 0.667. The molecule has 0 radical (unpaired) electrons. The molecular formula is C51H30N4OS. The van der Waals surface area contributed by atoms with Crippen molar-refractivity contribution in [1.29, 1.82) is 0 Å². The molecular weight excluding hydrogens is 717 g/mol. The van der Waals surface area contributed by atoms with Crippen molar-refractivity contribution in [2.45, 2.75) is 0 Å². The molecule has 0 amide bonds. The number of thiophene rings is 1. The molecule has 57 heavy (non-hydrogen) atoms. The highest BCUT2D eigenvalue weighted by Gasteiger charge is 2.21. The summed E-state index contributed by atoms with van der Waals surface area (Å²) in [5, 5.41) is 6.97. The molecule has 0 atom stereocenters. The number of fused-ring (bicyclic) bond motifs is 9. The number of furan rings is 1. The molecule has 6 heteroatoms. The molecule has 5 nitrogen and oxygen atoms in total. The van der Waals surface area contributed by atoms with Gasteiger partial charge < -0.3 is 8.98 Å². The second-order valence-electron chi connectivity index (χ2n) is 14.3. The first kappa shape index (κ1) is 31.9. The molecule has 0 aliphatic rings. The highest BCUT2D eigenvalue weighted by Crippen LogP contribution is 2.44. The van der Waals surface area contributed by atoms with Crippen LogP contribution in [0, 0.1) is 0 Å². The zero-order valence-corrected chi connectivity index (χ0v) is 31.2. The smallest absolute Gasteiger partial charge is 0.164 e. The molecule has 0 spiro atoms. The summed E-state index contributed by atoms with van der Waals surface area (Å²) in [5.41, 5.74) is 10.2. The van der Waals surface area contributed by atoms with Crippen molar-refractivity contribution in [3.8, 4) is 51.0 Å². The molecule has 0 fully saturated rings. The predicted molar refractivity (Wildman–Crippen MR) is 236 cm³/mol. The fourth-order valence-electron chi connectivity index (χ4n) is 8.50. The number of nitrogens with zero attached hydrogens (tertiary/aromatic N) is 4. The summed E-state index contributed by atoms with van der Waals surface area (Å²) in [4.78, 5) is 15.1. The van der Waals surface area contributed by atoms with Crippen molar-refractivity contribution in [2.24, 2.45) is 0 Å². The molecule has 0 saturated heterocycles. The first-order valence-corrected chi connectivity index (χ1v) is 19.8. The van der Waals surface area contributed by atoms with E-state index in [1.807, 2.05) is 60.7 Å². The van der Waals surface area contributed by atoms with E-state index >= 15 is 0 Å². The third-order valence-corrected chi connectivity index (χ3v) is 12.2. The van der Waals surface area contributed by atoms with E-state index in [0.29, 0.717) is 17.5 Å². The van der Waals surface area contributed by atoms with Gasteiger partial charge >= 0.3 is 0 Å². The van der Waals surface area contributed by atoms with Gasteiger partial charge in [-0.1, -0.05) is 152 Å². The highest BCUT2D eigenvalue weighted by atomic mass is 32.1. The minimum absolute atomic E-state index is 0.651. The summed E-state index contributed by atoms with van der Waals surface area (Å²) in [6.45, 7) is 0.